The quantitative estimate of drug-likeness (QED) is 0.742. The van der Waals surface area contributed by atoms with E-state index in [-0.39, 0.29) is 5.60 Å². The third-order valence-electron chi connectivity index (χ3n) is 3.67. The van der Waals surface area contributed by atoms with Gasteiger partial charge in [0, 0.05) is 25.1 Å². The summed E-state index contributed by atoms with van der Waals surface area (Å²) >= 11 is 0. The van der Waals surface area contributed by atoms with Gasteiger partial charge in [-0.25, -0.2) is 0 Å². The molecule has 1 atom stereocenters. The molecule has 1 rings (SSSR count). The highest BCUT2D eigenvalue weighted by molar-refractivity contribution is 5.35. The lowest BCUT2D eigenvalue weighted by molar-refractivity contribution is 0.00534. The smallest absolute Gasteiger partial charge is 0.124 e. The Bertz CT molecular complexity index is 390. The van der Waals surface area contributed by atoms with Crippen molar-refractivity contribution in [2.24, 2.45) is 0 Å². The van der Waals surface area contributed by atoms with Gasteiger partial charge in [0.05, 0.1) is 12.2 Å². The predicted octanol–water partition coefficient (Wildman–Crippen LogP) is 3.94. The van der Waals surface area contributed by atoms with Crippen LogP contribution in [-0.4, -0.2) is 25.9 Å². The van der Waals surface area contributed by atoms with E-state index in [4.69, 9.17) is 9.47 Å². The van der Waals surface area contributed by atoms with E-state index in [9.17, 15) is 0 Å². The molecule has 0 spiro atoms. The molecule has 0 aromatic heterocycles. The van der Waals surface area contributed by atoms with Crippen LogP contribution in [0.3, 0.4) is 0 Å². The topological polar surface area (TPSA) is 30.5 Å². The number of hydrogen-bond donors (Lipinski definition) is 1. The highest BCUT2D eigenvalue weighted by Crippen LogP contribution is 2.27. The number of methoxy groups -OCH3 is 1. The maximum Gasteiger partial charge on any atom is 0.124 e. The second-order valence-electron chi connectivity index (χ2n) is 5.62. The summed E-state index contributed by atoms with van der Waals surface area (Å²) in [6.45, 7) is 10.1. The van der Waals surface area contributed by atoms with Crippen LogP contribution in [0.5, 0.6) is 5.75 Å². The Hall–Kier alpha value is -1.06. The molecule has 0 aliphatic carbocycles. The van der Waals surface area contributed by atoms with E-state index < -0.39 is 0 Å². The molecule has 0 fully saturated rings. The van der Waals surface area contributed by atoms with Gasteiger partial charge in [-0.15, -0.1) is 0 Å². The molecule has 0 heterocycles. The number of benzene rings is 1. The second-order valence-corrected chi connectivity index (χ2v) is 5.62. The molecule has 1 unspecified atom stereocenters. The molecule has 20 heavy (non-hydrogen) atoms. The fourth-order valence-electron chi connectivity index (χ4n) is 2.13. The Morgan fingerprint density at radius 1 is 1.20 bits per heavy atom. The maximum absolute atomic E-state index is 5.98. The molecule has 0 saturated heterocycles. The Morgan fingerprint density at radius 3 is 2.50 bits per heavy atom. The Morgan fingerprint density at radius 2 is 1.90 bits per heavy atom. The lowest BCUT2D eigenvalue weighted by atomic mass is 10.0. The van der Waals surface area contributed by atoms with Crippen molar-refractivity contribution >= 4 is 0 Å². The van der Waals surface area contributed by atoms with Crippen LogP contribution in [-0.2, 0) is 4.74 Å². The van der Waals surface area contributed by atoms with E-state index in [1.165, 1.54) is 5.56 Å². The number of nitrogens with one attached hydrogen (secondary N) is 1. The summed E-state index contributed by atoms with van der Waals surface area (Å²) in [7, 11) is 1.74. The third kappa shape index (κ3) is 5.14. The number of rotatable bonds is 9. The first kappa shape index (κ1) is 17.0. The first-order chi connectivity index (χ1) is 9.54. The van der Waals surface area contributed by atoms with E-state index in [1.807, 2.05) is 6.07 Å². The molecule has 0 aliphatic heterocycles. The molecular weight excluding hydrogens is 250 g/mol. The van der Waals surface area contributed by atoms with Gasteiger partial charge in [0.2, 0.25) is 0 Å². The zero-order valence-corrected chi connectivity index (χ0v) is 13.5. The van der Waals surface area contributed by atoms with Gasteiger partial charge in [0.1, 0.15) is 5.75 Å². The van der Waals surface area contributed by atoms with Gasteiger partial charge in [0.15, 0.2) is 0 Å². The van der Waals surface area contributed by atoms with Crippen molar-refractivity contribution in [2.75, 3.05) is 20.3 Å². The van der Waals surface area contributed by atoms with Crippen LogP contribution in [0.25, 0.3) is 0 Å². The molecule has 1 aromatic carbocycles. The minimum Gasteiger partial charge on any atom is -0.493 e. The largest absolute Gasteiger partial charge is 0.493 e. The van der Waals surface area contributed by atoms with Gasteiger partial charge >= 0.3 is 0 Å². The molecule has 0 bridgehead atoms. The zero-order chi connectivity index (χ0) is 15.0. The normalized spacial score (nSPS) is 13.2. The lowest BCUT2D eigenvalue weighted by Gasteiger charge is -2.24. The van der Waals surface area contributed by atoms with E-state index in [0.717, 1.165) is 25.1 Å². The summed E-state index contributed by atoms with van der Waals surface area (Å²) < 4.78 is 11.4. The number of para-hydroxylation sites is 1. The van der Waals surface area contributed by atoms with Crippen LogP contribution in [0.1, 0.15) is 52.1 Å². The summed E-state index contributed by atoms with van der Waals surface area (Å²) in [6.07, 6.45) is 1.92. The standard InChI is InChI=1S/C17H29NO2/c1-6-15(18-7-2)14-10-8-9-11-16(14)20-13-12-17(3,4)19-5/h8-11,15,18H,6-7,12-13H2,1-5H3. The number of hydrogen-bond acceptors (Lipinski definition) is 3. The van der Waals surface area contributed by atoms with Crippen LogP contribution in [0.15, 0.2) is 24.3 Å². The van der Waals surface area contributed by atoms with Gasteiger partial charge < -0.3 is 14.8 Å². The Kier molecular flexibility index (Phi) is 7.03. The first-order valence-corrected chi connectivity index (χ1v) is 7.54. The van der Waals surface area contributed by atoms with Gasteiger partial charge in [-0.3, -0.25) is 0 Å². The fraction of sp³-hybridized carbons (Fsp3) is 0.647. The minimum atomic E-state index is -0.138. The first-order valence-electron chi connectivity index (χ1n) is 7.54. The van der Waals surface area contributed by atoms with Gasteiger partial charge in [0.25, 0.3) is 0 Å². The van der Waals surface area contributed by atoms with Crippen LogP contribution >= 0.6 is 0 Å². The van der Waals surface area contributed by atoms with Crippen LogP contribution < -0.4 is 10.1 Å². The molecule has 0 saturated carbocycles. The summed E-state index contributed by atoms with van der Waals surface area (Å²) in [5.74, 6) is 0.979. The molecule has 0 aliphatic rings. The fourth-order valence-corrected chi connectivity index (χ4v) is 2.13. The van der Waals surface area contributed by atoms with Crippen molar-refractivity contribution in [1.29, 1.82) is 0 Å². The summed E-state index contributed by atoms with van der Waals surface area (Å²) in [6, 6.07) is 8.65. The van der Waals surface area contributed by atoms with Crippen molar-refractivity contribution in [3.8, 4) is 5.75 Å². The molecule has 3 nitrogen and oxygen atoms in total. The van der Waals surface area contributed by atoms with Crippen molar-refractivity contribution in [3.63, 3.8) is 0 Å². The summed E-state index contributed by atoms with van der Waals surface area (Å²) in [5, 5.41) is 3.50. The van der Waals surface area contributed by atoms with E-state index in [0.29, 0.717) is 12.6 Å². The maximum atomic E-state index is 5.98. The SMILES string of the molecule is CCNC(CC)c1ccccc1OCCC(C)(C)OC. The second kappa shape index (κ2) is 8.28. The summed E-state index contributed by atoms with van der Waals surface area (Å²) in [4.78, 5) is 0. The van der Waals surface area contributed by atoms with Gasteiger partial charge in [-0.05, 0) is 32.9 Å². The van der Waals surface area contributed by atoms with Gasteiger partial charge in [-0.2, -0.15) is 0 Å². The van der Waals surface area contributed by atoms with Crippen molar-refractivity contribution < 1.29 is 9.47 Å². The summed E-state index contributed by atoms with van der Waals surface area (Å²) in [5.41, 5.74) is 1.10. The lowest BCUT2D eigenvalue weighted by Crippen LogP contribution is -2.25. The number of ether oxygens (including phenoxy) is 2. The average Bonchev–Trinajstić information content (AvgIpc) is 2.45. The zero-order valence-electron chi connectivity index (χ0n) is 13.5. The Labute approximate surface area is 123 Å². The van der Waals surface area contributed by atoms with Crippen molar-refractivity contribution in [3.05, 3.63) is 29.8 Å². The average molecular weight is 279 g/mol. The molecule has 114 valence electrons. The molecule has 1 aromatic rings. The highest BCUT2D eigenvalue weighted by atomic mass is 16.5. The Balaban J connectivity index is 2.70. The van der Waals surface area contributed by atoms with Crippen molar-refractivity contribution in [2.45, 2.75) is 52.2 Å². The van der Waals surface area contributed by atoms with Gasteiger partial charge in [-0.1, -0.05) is 32.0 Å². The van der Waals surface area contributed by atoms with Crippen LogP contribution in [0.4, 0.5) is 0 Å². The molecule has 1 N–H and O–H groups in total. The van der Waals surface area contributed by atoms with E-state index >= 15 is 0 Å². The minimum absolute atomic E-state index is 0.138. The third-order valence-corrected chi connectivity index (χ3v) is 3.67. The monoisotopic (exact) mass is 279 g/mol. The van der Waals surface area contributed by atoms with E-state index in [1.54, 1.807) is 7.11 Å². The molecule has 0 amide bonds. The van der Waals surface area contributed by atoms with Crippen LogP contribution in [0, 0.1) is 0 Å². The predicted molar refractivity (Wildman–Crippen MR) is 84.4 cm³/mol. The molecule has 0 radical (unpaired) electrons. The van der Waals surface area contributed by atoms with Crippen molar-refractivity contribution in [1.82, 2.24) is 5.32 Å². The highest BCUT2D eigenvalue weighted by Gasteiger charge is 2.17. The molecule has 3 heteroatoms. The van der Waals surface area contributed by atoms with Crippen LogP contribution in [0.2, 0.25) is 0 Å². The van der Waals surface area contributed by atoms with E-state index in [2.05, 4.69) is 51.2 Å². The molecular formula is C17H29NO2.